The van der Waals surface area contributed by atoms with Crippen molar-refractivity contribution in [3.8, 4) is 0 Å². The average Bonchev–Trinajstić information content (AvgIpc) is 2.42. The minimum absolute atomic E-state index is 0.0734. The van der Waals surface area contributed by atoms with Crippen LogP contribution in [-0.4, -0.2) is 28.7 Å². The van der Waals surface area contributed by atoms with Gasteiger partial charge in [-0.15, -0.1) is 0 Å². The van der Waals surface area contributed by atoms with Gasteiger partial charge in [0.2, 0.25) is 5.25 Å². The molecule has 3 rings (SSSR count). The van der Waals surface area contributed by atoms with Gasteiger partial charge in [0, 0.05) is 0 Å². The molecule has 0 amide bonds. The van der Waals surface area contributed by atoms with Crippen molar-refractivity contribution in [3.63, 3.8) is 0 Å². The number of rotatable bonds is 1. The van der Waals surface area contributed by atoms with Crippen LogP contribution in [0.4, 0.5) is 0 Å². The summed E-state index contributed by atoms with van der Waals surface area (Å²) in [5.74, 6) is 0. The minimum atomic E-state index is -4.36. The zero-order valence-electron chi connectivity index (χ0n) is 10.3. The molecule has 1 aliphatic rings. The van der Waals surface area contributed by atoms with Gasteiger partial charge >= 0.3 is 5.71 Å². The van der Waals surface area contributed by atoms with Crippen molar-refractivity contribution in [1.29, 1.82) is 0 Å². The molecule has 1 aliphatic carbocycles. The SMILES string of the molecule is [N-]=[N+]=C1c2cc3ccccc3cc2C=CC1S(=O)(=O)O. The van der Waals surface area contributed by atoms with Crippen LogP contribution in [0.2, 0.25) is 0 Å². The van der Waals surface area contributed by atoms with Gasteiger partial charge in [-0.2, -0.15) is 13.2 Å². The highest BCUT2D eigenvalue weighted by atomic mass is 32.2. The van der Waals surface area contributed by atoms with Gasteiger partial charge in [-0.3, -0.25) is 4.55 Å². The van der Waals surface area contributed by atoms with E-state index in [2.05, 4.69) is 4.79 Å². The summed E-state index contributed by atoms with van der Waals surface area (Å²) in [6, 6.07) is 11.2. The Morgan fingerprint density at radius 2 is 1.80 bits per heavy atom. The third kappa shape index (κ3) is 1.96. The Hall–Kier alpha value is -2.27. The van der Waals surface area contributed by atoms with Gasteiger partial charge in [0.05, 0.1) is 5.56 Å². The van der Waals surface area contributed by atoms with Crippen LogP contribution in [0.3, 0.4) is 0 Å². The maximum atomic E-state index is 11.3. The highest BCUT2D eigenvalue weighted by Gasteiger charge is 2.37. The van der Waals surface area contributed by atoms with Crippen molar-refractivity contribution in [2.75, 3.05) is 0 Å². The summed E-state index contributed by atoms with van der Waals surface area (Å²) in [6.07, 6.45) is 2.91. The molecular weight excluding hydrogens is 276 g/mol. The highest BCUT2D eigenvalue weighted by molar-refractivity contribution is 7.87. The van der Waals surface area contributed by atoms with Crippen LogP contribution in [-0.2, 0) is 10.1 Å². The van der Waals surface area contributed by atoms with Gasteiger partial charge in [0.1, 0.15) is 0 Å². The normalized spacial score (nSPS) is 17.9. The van der Waals surface area contributed by atoms with E-state index in [0.717, 1.165) is 16.3 Å². The zero-order chi connectivity index (χ0) is 14.3. The molecule has 0 saturated heterocycles. The monoisotopic (exact) mass is 286 g/mol. The third-order valence-corrected chi connectivity index (χ3v) is 4.36. The molecule has 1 atom stereocenters. The molecule has 1 N–H and O–H groups in total. The molecule has 5 nitrogen and oxygen atoms in total. The standard InChI is InChI=1S/C14H10N2O3S/c15-16-14-12-8-10-4-2-1-3-9(10)7-11(12)5-6-13(14)20(17,18)19/h1-8,13H,(H,17,18,19). The molecule has 6 heteroatoms. The van der Waals surface area contributed by atoms with Crippen LogP contribution in [0.5, 0.6) is 0 Å². The van der Waals surface area contributed by atoms with Gasteiger partial charge < -0.3 is 5.53 Å². The van der Waals surface area contributed by atoms with E-state index >= 15 is 0 Å². The molecule has 0 bridgehead atoms. The second-order valence-electron chi connectivity index (χ2n) is 4.57. The van der Waals surface area contributed by atoms with E-state index < -0.39 is 15.4 Å². The molecule has 0 aromatic heterocycles. The van der Waals surface area contributed by atoms with Crippen molar-refractivity contribution < 1.29 is 17.8 Å². The van der Waals surface area contributed by atoms with Crippen molar-refractivity contribution in [2.45, 2.75) is 5.25 Å². The largest absolute Gasteiger partial charge is 0.361 e. The predicted octanol–water partition coefficient (Wildman–Crippen LogP) is 2.14. The first-order valence-electron chi connectivity index (χ1n) is 5.90. The number of fused-ring (bicyclic) bond motifs is 2. The Kier molecular flexibility index (Phi) is 2.79. The zero-order valence-corrected chi connectivity index (χ0v) is 11.1. The molecule has 0 fully saturated rings. The van der Waals surface area contributed by atoms with E-state index in [1.165, 1.54) is 6.08 Å². The van der Waals surface area contributed by atoms with E-state index in [1.807, 2.05) is 30.3 Å². The average molecular weight is 286 g/mol. The molecule has 100 valence electrons. The maximum Gasteiger partial charge on any atom is 0.324 e. The Morgan fingerprint density at radius 1 is 1.15 bits per heavy atom. The first-order valence-corrected chi connectivity index (χ1v) is 7.40. The van der Waals surface area contributed by atoms with Crippen molar-refractivity contribution >= 4 is 32.7 Å². The van der Waals surface area contributed by atoms with Gasteiger partial charge in [0.25, 0.3) is 10.1 Å². The highest BCUT2D eigenvalue weighted by Crippen LogP contribution is 2.27. The molecule has 1 unspecified atom stereocenters. The van der Waals surface area contributed by atoms with Crippen LogP contribution < -0.4 is 0 Å². The summed E-state index contributed by atoms with van der Waals surface area (Å²) < 4.78 is 31.9. The molecule has 0 radical (unpaired) electrons. The number of hydrogen-bond acceptors (Lipinski definition) is 2. The lowest BCUT2D eigenvalue weighted by atomic mass is 9.92. The Balaban J connectivity index is 2.31. The van der Waals surface area contributed by atoms with Gasteiger partial charge in [-0.1, -0.05) is 36.4 Å². The predicted molar refractivity (Wildman–Crippen MR) is 76.0 cm³/mol. The van der Waals surface area contributed by atoms with E-state index in [-0.39, 0.29) is 5.71 Å². The van der Waals surface area contributed by atoms with Crippen molar-refractivity contribution in [2.24, 2.45) is 0 Å². The molecule has 0 spiro atoms. The van der Waals surface area contributed by atoms with E-state index in [0.29, 0.717) is 5.56 Å². The smallest absolute Gasteiger partial charge is 0.324 e. The molecule has 0 saturated carbocycles. The van der Waals surface area contributed by atoms with E-state index in [4.69, 9.17) is 5.53 Å². The Bertz CT molecular complexity index is 894. The summed E-state index contributed by atoms with van der Waals surface area (Å²) in [7, 11) is -4.36. The quantitative estimate of drug-likeness (QED) is 0.494. The lowest BCUT2D eigenvalue weighted by Gasteiger charge is -2.14. The summed E-state index contributed by atoms with van der Waals surface area (Å²) in [5.41, 5.74) is 10.3. The molecule has 2 aromatic carbocycles. The number of nitrogens with zero attached hydrogens (tertiary/aromatic N) is 2. The Labute approximate surface area is 115 Å². The first kappa shape index (κ1) is 12.7. The second-order valence-corrected chi connectivity index (χ2v) is 6.10. The number of hydrogen-bond donors (Lipinski definition) is 1. The first-order chi connectivity index (χ1) is 9.50. The topological polar surface area (TPSA) is 90.8 Å². The molecule has 20 heavy (non-hydrogen) atoms. The molecule has 0 heterocycles. The van der Waals surface area contributed by atoms with Gasteiger partial charge in [-0.05, 0) is 28.5 Å². The molecular formula is C14H10N2O3S. The second kappa shape index (κ2) is 4.38. The summed E-state index contributed by atoms with van der Waals surface area (Å²) in [5, 5.41) is 0.552. The Morgan fingerprint density at radius 3 is 2.40 bits per heavy atom. The van der Waals surface area contributed by atoms with Crippen molar-refractivity contribution in [1.82, 2.24) is 0 Å². The maximum absolute atomic E-state index is 11.3. The number of benzene rings is 2. The summed E-state index contributed by atoms with van der Waals surface area (Å²) in [6.45, 7) is 0. The van der Waals surface area contributed by atoms with Gasteiger partial charge in [0.15, 0.2) is 0 Å². The fourth-order valence-corrected chi connectivity index (χ4v) is 3.14. The lowest BCUT2D eigenvalue weighted by molar-refractivity contribution is -0.00589. The van der Waals surface area contributed by atoms with Gasteiger partial charge in [-0.25, -0.2) is 0 Å². The molecule has 0 aliphatic heterocycles. The van der Waals surface area contributed by atoms with Crippen molar-refractivity contribution in [3.05, 3.63) is 59.1 Å². The van der Waals surface area contributed by atoms with Crippen LogP contribution in [0.15, 0.2) is 42.5 Å². The van der Waals surface area contributed by atoms with Crippen LogP contribution in [0.1, 0.15) is 11.1 Å². The van der Waals surface area contributed by atoms with E-state index in [9.17, 15) is 13.0 Å². The molecule has 2 aromatic rings. The third-order valence-electron chi connectivity index (χ3n) is 3.34. The summed E-state index contributed by atoms with van der Waals surface area (Å²) >= 11 is 0. The van der Waals surface area contributed by atoms with E-state index in [1.54, 1.807) is 12.1 Å². The van der Waals surface area contributed by atoms with Crippen LogP contribution >= 0.6 is 0 Å². The summed E-state index contributed by atoms with van der Waals surface area (Å²) in [4.78, 5) is 3.07. The van der Waals surface area contributed by atoms with Crippen LogP contribution in [0.25, 0.3) is 22.4 Å². The minimum Gasteiger partial charge on any atom is -0.361 e. The fraction of sp³-hybridized carbons (Fsp3) is 0.0714. The lowest BCUT2D eigenvalue weighted by Crippen LogP contribution is -2.32. The van der Waals surface area contributed by atoms with Crippen LogP contribution in [0, 0.1) is 0 Å². The fourth-order valence-electron chi connectivity index (χ4n) is 2.40.